The average Bonchev–Trinajstić information content (AvgIpc) is 1.83. The largest absolute Gasteiger partial charge is 0.0984 e. The van der Waals surface area contributed by atoms with Crippen LogP contribution in [-0.4, -0.2) is 8.07 Å². The molecule has 0 radical (unpaired) electrons. The fourth-order valence-electron chi connectivity index (χ4n) is 2.43. The molecule has 0 saturated heterocycles. The Balaban J connectivity index is 2.59. The molecule has 1 aliphatic rings. The summed E-state index contributed by atoms with van der Waals surface area (Å²) < 4.78 is 0. The Morgan fingerprint density at radius 1 is 1.33 bits per heavy atom. The molecule has 1 atom stereocenters. The highest BCUT2D eigenvalue weighted by Gasteiger charge is 2.30. The molecule has 0 nitrogen and oxygen atoms in total. The van der Waals surface area contributed by atoms with E-state index in [1.807, 2.05) is 0 Å². The van der Waals surface area contributed by atoms with Crippen LogP contribution < -0.4 is 0 Å². The first-order valence-electron chi connectivity index (χ1n) is 5.09. The van der Waals surface area contributed by atoms with Gasteiger partial charge in [0, 0.05) is 0 Å². The summed E-state index contributed by atoms with van der Waals surface area (Å²) in [5.74, 6) is 0. The van der Waals surface area contributed by atoms with Crippen LogP contribution in [0.4, 0.5) is 0 Å². The summed E-state index contributed by atoms with van der Waals surface area (Å²) >= 11 is 0. The van der Waals surface area contributed by atoms with E-state index in [1.165, 1.54) is 24.9 Å². The lowest BCUT2D eigenvalue weighted by atomic mass is 10.0. The number of rotatable bonds is 1. The summed E-state index contributed by atoms with van der Waals surface area (Å²) in [6, 6.07) is 2.97. The smallest absolute Gasteiger partial charge is 0.0748 e. The highest BCUT2D eigenvalue weighted by molar-refractivity contribution is 6.83. The molecule has 12 heavy (non-hydrogen) atoms. The van der Waals surface area contributed by atoms with Crippen LogP contribution in [0, 0.1) is 5.41 Å². The van der Waals surface area contributed by atoms with E-state index in [4.69, 9.17) is 0 Å². The maximum absolute atomic E-state index is 2.57. The molecule has 1 rings (SSSR count). The lowest BCUT2D eigenvalue weighted by Crippen LogP contribution is -2.34. The second-order valence-electron chi connectivity index (χ2n) is 5.69. The normalized spacial score (nSPS) is 30.7. The third-order valence-corrected chi connectivity index (χ3v) is 6.98. The molecule has 0 aromatic rings. The number of allylic oxidation sites excluding steroid dienone is 1. The Kier molecular flexibility index (Phi) is 2.82. The molecule has 0 fully saturated rings. The van der Waals surface area contributed by atoms with Crippen LogP contribution >= 0.6 is 0 Å². The van der Waals surface area contributed by atoms with Crippen molar-refractivity contribution in [3.05, 3.63) is 11.8 Å². The van der Waals surface area contributed by atoms with Gasteiger partial charge in [0.1, 0.15) is 0 Å². The van der Waals surface area contributed by atoms with E-state index in [2.05, 4.69) is 39.1 Å². The first-order chi connectivity index (χ1) is 5.41. The molecule has 1 aliphatic heterocycles. The van der Waals surface area contributed by atoms with E-state index < -0.39 is 8.07 Å². The Labute approximate surface area is 78.1 Å². The molecule has 1 heteroatoms. The second kappa shape index (κ2) is 3.37. The summed E-state index contributed by atoms with van der Waals surface area (Å²) in [6.07, 6.45) is 5.18. The minimum Gasteiger partial charge on any atom is -0.0984 e. The van der Waals surface area contributed by atoms with Crippen LogP contribution in [0.15, 0.2) is 11.8 Å². The Bertz CT molecular complexity index is 176. The Hall–Kier alpha value is -0.0431. The molecule has 0 aromatic carbocycles. The highest BCUT2D eigenvalue weighted by Crippen LogP contribution is 2.34. The quantitative estimate of drug-likeness (QED) is 0.538. The standard InChI is InChI=1S/C11H22Si/c1-11(2,3)10-12(4)8-6-5-7-9-12/h6,8H,5,7,9-10H2,1-4H3. The summed E-state index contributed by atoms with van der Waals surface area (Å²) in [7, 11) is -0.953. The van der Waals surface area contributed by atoms with Gasteiger partial charge in [-0.1, -0.05) is 51.6 Å². The molecule has 0 aliphatic carbocycles. The van der Waals surface area contributed by atoms with E-state index in [0.29, 0.717) is 5.41 Å². The Morgan fingerprint density at radius 3 is 2.42 bits per heavy atom. The summed E-state index contributed by atoms with van der Waals surface area (Å²) in [5, 5.41) is 0. The summed E-state index contributed by atoms with van der Waals surface area (Å²) in [5.41, 5.74) is 3.10. The van der Waals surface area contributed by atoms with E-state index in [0.717, 1.165) is 0 Å². The molecule has 0 N–H and O–H groups in total. The molecule has 1 unspecified atom stereocenters. The van der Waals surface area contributed by atoms with Crippen molar-refractivity contribution in [2.75, 3.05) is 0 Å². The zero-order valence-corrected chi connectivity index (χ0v) is 9.98. The molecule has 70 valence electrons. The molecule has 1 heterocycles. The monoisotopic (exact) mass is 182 g/mol. The lowest BCUT2D eigenvalue weighted by molar-refractivity contribution is 0.460. The molecular formula is C11H22Si. The first kappa shape index (κ1) is 10.0. The highest BCUT2D eigenvalue weighted by atomic mass is 28.3. The predicted octanol–water partition coefficient (Wildman–Crippen LogP) is 4.00. The van der Waals surface area contributed by atoms with Gasteiger partial charge in [-0.25, -0.2) is 0 Å². The molecule has 0 amide bonds. The number of hydrogen-bond donors (Lipinski definition) is 0. The summed E-state index contributed by atoms with van der Waals surface area (Å²) in [4.78, 5) is 0. The van der Waals surface area contributed by atoms with Gasteiger partial charge >= 0.3 is 0 Å². The predicted molar refractivity (Wildman–Crippen MR) is 59.1 cm³/mol. The van der Waals surface area contributed by atoms with Crippen LogP contribution in [0.1, 0.15) is 33.6 Å². The fraction of sp³-hybridized carbons (Fsp3) is 0.818. The van der Waals surface area contributed by atoms with Crippen LogP contribution in [0.5, 0.6) is 0 Å². The first-order valence-corrected chi connectivity index (χ1v) is 8.08. The van der Waals surface area contributed by atoms with Gasteiger partial charge in [-0.2, -0.15) is 0 Å². The van der Waals surface area contributed by atoms with Gasteiger partial charge in [-0.05, 0) is 17.9 Å². The third kappa shape index (κ3) is 3.14. The zero-order chi connectivity index (χ0) is 9.24. The molecule has 0 saturated carbocycles. The van der Waals surface area contributed by atoms with E-state index in [9.17, 15) is 0 Å². The van der Waals surface area contributed by atoms with Gasteiger partial charge in [0.25, 0.3) is 0 Å². The minimum atomic E-state index is -0.953. The third-order valence-electron chi connectivity index (χ3n) is 2.57. The summed E-state index contributed by atoms with van der Waals surface area (Å²) in [6.45, 7) is 9.64. The zero-order valence-electron chi connectivity index (χ0n) is 8.98. The van der Waals surface area contributed by atoms with Gasteiger partial charge in [-0.3, -0.25) is 0 Å². The van der Waals surface area contributed by atoms with Crippen molar-refractivity contribution in [2.45, 2.75) is 52.2 Å². The second-order valence-corrected chi connectivity index (χ2v) is 10.2. The van der Waals surface area contributed by atoms with Crippen molar-refractivity contribution < 1.29 is 0 Å². The Morgan fingerprint density at radius 2 is 2.00 bits per heavy atom. The maximum atomic E-state index is 2.57. The van der Waals surface area contributed by atoms with Crippen molar-refractivity contribution in [3.63, 3.8) is 0 Å². The van der Waals surface area contributed by atoms with Crippen LogP contribution in [0.25, 0.3) is 0 Å². The van der Waals surface area contributed by atoms with E-state index in [-0.39, 0.29) is 0 Å². The molecular weight excluding hydrogens is 160 g/mol. The topological polar surface area (TPSA) is 0 Å². The molecule has 0 bridgehead atoms. The van der Waals surface area contributed by atoms with Gasteiger partial charge in [0.2, 0.25) is 0 Å². The van der Waals surface area contributed by atoms with Crippen molar-refractivity contribution in [2.24, 2.45) is 5.41 Å². The van der Waals surface area contributed by atoms with E-state index in [1.54, 1.807) is 0 Å². The molecule has 0 spiro atoms. The van der Waals surface area contributed by atoms with Gasteiger partial charge < -0.3 is 0 Å². The van der Waals surface area contributed by atoms with E-state index >= 15 is 0 Å². The van der Waals surface area contributed by atoms with Crippen molar-refractivity contribution in [1.29, 1.82) is 0 Å². The maximum Gasteiger partial charge on any atom is 0.0748 e. The lowest BCUT2D eigenvalue weighted by Gasteiger charge is -2.33. The SMILES string of the molecule is CC(C)(C)C[Si]1(C)C=CCCC1. The van der Waals surface area contributed by atoms with Crippen molar-refractivity contribution in [1.82, 2.24) is 0 Å². The van der Waals surface area contributed by atoms with Gasteiger partial charge in [-0.15, -0.1) is 0 Å². The number of hydrogen-bond acceptors (Lipinski definition) is 0. The fourth-order valence-corrected chi connectivity index (χ4v) is 7.07. The van der Waals surface area contributed by atoms with Gasteiger partial charge in [0.05, 0.1) is 8.07 Å². The minimum absolute atomic E-state index is 0.530. The van der Waals surface area contributed by atoms with Gasteiger partial charge in [0.15, 0.2) is 0 Å². The van der Waals surface area contributed by atoms with Crippen molar-refractivity contribution in [3.8, 4) is 0 Å². The van der Waals surface area contributed by atoms with Crippen LogP contribution in [-0.2, 0) is 0 Å². The molecule has 0 aromatic heterocycles. The van der Waals surface area contributed by atoms with Crippen LogP contribution in [0.2, 0.25) is 18.6 Å². The average molecular weight is 182 g/mol. The van der Waals surface area contributed by atoms with Crippen LogP contribution in [0.3, 0.4) is 0 Å². The van der Waals surface area contributed by atoms with Crippen molar-refractivity contribution >= 4 is 8.07 Å².